The summed E-state index contributed by atoms with van der Waals surface area (Å²) in [5.74, 6) is -1.30. The quantitative estimate of drug-likeness (QED) is 0.731. The van der Waals surface area contributed by atoms with E-state index in [1.54, 1.807) is 14.1 Å². The fourth-order valence-electron chi connectivity index (χ4n) is 2.48. The summed E-state index contributed by atoms with van der Waals surface area (Å²) in [6, 6.07) is 4.69. The van der Waals surface area contributed by atoms with Crippen molar-refractivity contribution in [2.45, 2.75) is 12.5 Å². The predicted molar refractivity (Wildman–Crippen MR) is 85.6 cm³/mol. The Balaban J connectivity index is 2.14. The third-order valence-electron chi connectivity index (χ3n) is 4.11. The number of rotatable bonds is 6. The molecule has 24 heavy (non-hydrogen) atoms. The van der Waals surface area contributed by atoms with Gasteiger partial charge in [0.1, 0.15) is 17.9 Å². The van der Waals surface area contributed by atoms with E-state index in [4.69, 9.17) is 0 Å². The van der Waals surface area contributed by atoms with E-state index >= 15 is 0 Å². The second-order valence-electron chi connectivity index (χ2n) is 5.87. The number of imide groups is 1. The molecule has 1 aliphatic heterocycles. The Labute approximate surface area is 139 Å². The number of likely N-dealkylation sites (N-methyl/N-ethyl adjacent to an activating group) is 2. The molecule has 0 aliphatic carbocycles. The molecule has 7 nitrogen and oxygen atoms in total. The number of nitrogens with zero attached hydrogens (tertiary/aromatic N) is 2. The molecule has 1 aliphatic rings. The van der Waals surface area contributed by atoms with Crippen molar-refractivity contribution in [2.24, 2.45) is 0 Å². The Hall–Kier alpha value is -2.48. The molecule has 0 bridgehead atoms. The van der Waals surface area contributed by atoms with E-state index in [0.29, 0.717) is 18.7 Å². The summed E-state index contributed by atoms with van der Waals surface area (Å²) in [4.78, 5) is 39.3. The van der Waals surface area contributed by atoms with E-state index in [9.17, 15) is 18.8 Å². The van der Waals surface area contributed by atoms with Gasteiger partial charge in [0.05, 0.1) is 0 Å². The SMILES string of the molecule is CNCCN(C)C(=O)CN1C(=O)NC(C)(c2ccc(F)cc2)C1=O. The summed E-state index contributed by atoms with van der Waals surface area (Å²) in [6.45, 7) is 2.28. The number of nitrogens with one attached hydrogen (secondary N) is 2. The lowest BCUT2D eigenvalue weighted by Crippen LogP contribution is -2.44. The third kappa shape index (κ3) is 3.38. The number of benzene rings is 1. The predicted octanol–water partition coefficient (Wildman–Crippen LogP) is 0.271. The Morgan fingerprint density at radius 1 is 1.33 bits per heavy atom. The van der Waals surface area contributed by atoms with Crippen LogP contribution in [0.2, 0.25) is 0 Å². The van der Waals surface area contributed by atoms with Crippen LogP contribution in [0.1, 0.15) is 12.5 Å². The molecule has 4 amide bonds. The van der Waals surface area contributed by atoms with Crippen LogP contribution in [0.4, 0.5) is 9.18 Å². The van der Waals surface area contributed by atoms with Gasteiger partial charge in [0.2, 0.25) is 5.91 Å². The van der Waals surface area contributed by atoms with Gasteiger partial charge in [-0.3, -0.25) is 14.5 Å². The summed E-state index contributed by atoms with van der Waals surface area (Å²) < 4.78 is 13.1. The molecule has 1 aromatic carbocycles. The zero-order chi connectivity index (χ0) is 17.9. The van der Waals surface area contributed by atoms with E-state index in [2.05, 4.69) is 10.6 Å². The molecular weight excluding hydrogens is 315 g/mol. The van der Waals surface area contributed by atoms with Crippen LogP contribution in [-0.2, 0) is 15.1 Å². The molecule has 2 N–H and O–H groups in total. The minimum absolute atomic E-state index is 0.332. The number of urea groups is 1. The number of halogens is 1. The van der Waals surface area contributed by atoms with E-state index in [1.165, 1.54) is 36.1 Å². The van der Waals surface area contributed by atoms with Crippen LogP contribution in [0.25, 0.3) is 0 Å². The van der Waals surface area contributed by atoms with Crippen molar-refractivity contribution in [3.63, 3.8) is 0 Å². The molecule has 2 rings (SSSR count). The first-order chi connectivity index (χ1) is 11.3. The summed E-state index contributed by atoms with van der Waals surface area (Å²) in [5, 5.41) is 5.50. The van der Waals surface area contributed by atoms with Crippen molar-refractivity contribution in [3.8, 4) is 0 Å². The average Bonchev–Trinajstić information content (AvgIpc) is 2.77. The Bertz CT molecular complexity index is 649. The maximum atomic E-state index is 13.1. The van der Waals surface area contributed by atoms with Crippen molar-refractivity contribution in [1.29, 1.82) is 0 Å². The molecular formula is C16H21FN4O3. The highest BCUT2D eigenvalue weighted by Gasteiger charge is 2.49. The summed E-state index contributed by atoms with van der Waals surface area (Å²) in [7, 11) is 3.38. The van der Waals surface area contributed by atoms with Crippen molar-refractivity contribution in [1.82, 2.24) is 20.4 Å². The van der Waals surface area contributed by atoms with Crippen LogP contribution in [-0.4, -0.2) is 61.4 Å². The normalized spacial score (nSPS) is 20.2. The highest BCUT2D eigenvalue weighted by atomic mass is 19.1. The van der Waals surface area contributed by atoms with Crippen LogP contribution in [0.3, 0.4) is 0 Å². The van der Waals surface area contributed by atoms with Crippen molar-refractivity contribution >= 4 is 17.8 Å². The number of carbonyl (C=O) groups is 3. The lowest BCUT2D eigenvalue weighted by molar-refractivity contribution is -0.138. The zero-order valence-corrected chi connectivity index (χ0v) is 13.9. The molecule has 1 fully saturated rings. The monoisotopic (exact) mass is 336 g/mol. The van der Waals surface area contributed by atoms with E-state index < -0.39 is 23.3 Å². The number of carbonyl (C=O) groups excluding carboxylic acids is 3. The molecule has 0 saturated carbocycles. The first-order valence-corrected chi connectivity index (χ1v) is 7.58. The smallest absolute Gasteiger partial charge is 0.325 e. The fraction of sp³-hybridized carbons (Fsp3) is 0.438. The Morgan fingerprint density at radius 3 is 2.54 bits per heavy atom. The molecule has 1 aromatic rings. The van der Waals surface area contributed by atoms with Gasteiger partial charge < -0.3 is 15.5 Å². The van der Waals surface area contributed by atoms with Gasteiger partial charge in [0, 0.05) is 20.1 Å². The molecule has 1 unspecified atom stereocenters. The molecule has 1 saturated heterocycles. The largest absolute Gasteiger partial charge is 0.343 e. The van der Waals surface area contributed by atoms with Crippen LogP contribution >= 0.6 is 0 Å². The first kappa shape index (κ1) is 17.9. The van der Waals surface area contributed by atoms with Gasteiger partial charge in [-0.1, -0.05) is 12.1 Å². The summed E-state index contributed by atoms with van der Waals surface area (Å²) in [5.41, 5.74) is -0.852. The molecule has 130 valence electrons. The van der Waals surface area contributed by atoms with Gasteiger partial charge in [0.25, 0.3) is 5.91 Å². The summed E-state index contributed by atoms with van der Waals surface area (Å²) >= 11 is 0. The highest BCUT2D eigenvalue weighted by molar-refractivity contribution is 6.09. The molecule has 0 aromatic heterocycles. The van der Waals surface area contributed by atoms with Crippen LogP contribution < -0.4 is 10.6 Å². The fourth-order valence-corrected chi connectivity index (χ4v) is 2.48. The average molecular weight is 336 g/mol. The lowest BCUT2D eigenvalue weighted by atomic mass is 9.92. The summed E-state index contributed by atoms with van der Waals surface area (Å²) in [6.07, 6.45) is 0. The van der Waals surface area contributed by atoms with E-state index in [0.717, 1.165) is 4.90 Å². The van der Waals surface area contributed by atoms with Crippen molar-refractivity contribution in [3.05, 3.63) is 35.6 Å². The first-order valence-electron chi connectivity index (χ1n) is 7.58. The Kier molecular flexibility index (Phi) is 5.18. The maximum absolute atomic E-state index is 13.1. The third-order valence-corrected chi connectivity index (χ3v) is 4.11. The molecule has 1 atom stereocenters. The van der Waals surface area contributed by atoms with Gasteiger partial charge in [-0.15, -0.1) is 0 Å². The lowest BCUT2D eigenvalue weighted by Gasteiger charge is -2.23. The standard InChI is InChI=1S/C16H21FN4O3/c1-16(11-4-6-12(17)7-5-11)14(23)21(15(24)19-16)10-13(22)20(3)9-8-18-2/h4-7,18H,8-10H2,1-3H3,(H,19,24). The molecule has 0 radical (unpaired) electrons. The van der Waals surface area contributed by atoms with Crippen molar-refractivity contribution in [2.75, 3.05) is 33.7 Å². The molecule has 8 heteroatoms. The van der Waals surface area contributed by atoms with Gasteiger partial charge >= 0.3 is 6.03 Å². The van der Waals surface area contributed by atoms with Gasteiger partial charge in [-0.05, 0) is 31.7 Å². The molecule has 0 spiro atoms. The second kappa shape index (κ2) is 6.96. The van der Waals surface area contributed by atoms with Crippen molar-refractivity contribution < 1.29 is 18.8 Å². The Morgan fingerprint density at radius 2 is 1.96 bits per heavy atom. The van der Waals surface area contributed by atoms with E-state index in [1.807, 2.05) is 0 Å². The zero-order valence-electron chi connectivity index (χ0n) is 13.9. The van der Waals surface area contributed by atoms with Gasteiger partial charge in [-0.2, -0.15) is 0 Å². The van der Waals surface area contributed by atoms with Crippen LogP contribution in [0.5, 0.6) is 0 Å². The highest BCUT2D eigenvalue weighted by Crippen LogP contribution is 2.28. The number of hydrogen-bond donors (Lipinski definition) is 2. The maximum Gasteiger partial charge on any atom is 0.325 e. The van der Waals surface area contributed by atoms with Crippen LogP contribution in [0, 0.1) is 5.82 Å². The molecule has 1 heterocycles. The number of amides is 4. The second-order valence-corrected chi connectivity index (χ2v) is 5.87. The minimum Gasteiger partial charge on any atom is -0.343 e. The number of hydrogen-bond acceptors (Lipinski definition) is 4. The topological polar surface area (TPSA) is 81.8 Å². The van der Waals surface area contributed by atoms with Crippen LogP contribution in [0.15, 0.2) is 24.3 Å². The van der Waals surface area contributed by atoms with Gasteiger partial charge in [-0.25, -0.2) is 9.18 Å². The van der Waals surface area contributed by atoms with Gasteiger partial charge in [0.15, 0.2) is 0 Å². The minimum atomic E-state index is -1.31. The van der Waals surface area contributed by atoms with E-state index in [-0.39, 0.29) is 12.5 Å².